The van der Waals surface area contributed by atoms with Crippen LogP contribution in [0, 0.1) is 0 Å². The van der Waals surface area contributed by atoms with Crippen molar-refractivity contribution in [3.05, 3.63) is 46.4 Å². The zero-order valence-corrected chi connectivity index (χ0v) is 14.6. The summed E-state index contributed by atoms with van der Waals surface area (Å²) in [6.45, 7) is 4.23. The van der Waals surface area contributed by atoms with Gasteiger partial charge in [-0.3, -0.25) is 9.36 Å². The van der Waals surface area contributed by atoms with Crippen LogP contribution in [0.15, 0.2) is 40.3 Å². The predicted octanol–water partition coefficient (Wildman–Crippen LogP) is 2.44. The molecule has 1 atom stereocenters. The van der Waals surface area contributed by atoms with Crippen molar-refractivity contribution in [3.8, 4) is 0 Å². The smallest absolute Gasteiger partial charge is 0.341 e. The largest absolute Gasteiger partial charge is 0.343 e. The Labute approximate surface area is 145 Å². The van der Waals surface area contributed by atoms with Crippen molar-refractivity contribution in [2.45, 2.75) is 43.1 Å². The summed E-state index contributed by atoms with van der Waals surface area (Å²) in [5.74, 6) is 0.0993. The Hall–Kier alpha value is -2.02. The van der Waals surface area contributed by atoms with Gasteiger partial charge in [0.25, 0.3) is 0 Å². The first-order valence-corrected chi connectivity index (χ1v) is 9.24. The molecule has 1 fully saturated rings. The van der Waals surface area contributed by atoms with Crippen molar-refractivity contribution in [2.75, 3.05) is 13.1 Å². The highest BCUT2D eigenvalue weighted by Gasteiger charge is 2.30. The van der Waals surface area contributed by atoms with E-state index in [2.05, 4.69) is 10.2 Å². The van der Waals surface area contributed by atoms with Gasteiger partial charge in [-0.15, -0.1) is 5.10 Å². The van der Waals surface area contributed by atoms with Crippen LogP contribution in [0.1, 0.15) is 37.0 Å². The highest BCUT2D eigenvalue weighted by Crippen LogP contribution is 2.36. The first-order chi connectivity index (χ1) is 11.7. The molecule has 1 aliphatic heterocycles. The number of carbonyl (C=O) groups is 1. The molecule has 1 aromatic heterocycles. The van der Waals surface area contributed by atoms with Crippen molar-refractivity contribution < 1.29 is 4.79 Å². The minimum absolute atomic E-state index is 0.0993. The molecule has 1 saturated heterocycles. The van der Waals surface area contributed by atoms with Gasteiger partial charge in [-0.25, -0.2) is 9.89 Å². The second-order valence-corrected chi connectivity index (χ2v) is 6.98. The second kappa shape index (κ2) is 7.70. The third-order valence-electron chi connectivity index (χ3n) is 4.14. The van der Waals surface area contributed by atoms with Gasteiger partial charge in [0.05, 0.1) is 0 Å². The number of aromatic nitrogens is 3. The van der Waals surface area contributed by atoms with Crippen molar-refractivity contribution in [3.63, 3.8) is 0 Å². The van der Waals surface area contributed by atoms with Crippen LogP contribution >= 0.6 is 11.8 Å². The minimum atomic E-state index is -0.380. The van der Waals surface area contributed by atoms with Gasteiger partial charge >= 0.3 is 5.69 Å². The fourth-order valence-electron chi connectivity index (χ4n) is 2.91. The number of nitrogens with zero attached hydrogens (tertiary/aromatic N) is 3. The van der Waals surface area contributed by atoms with E-state index in [9.17, 15) is 9.59 Å². The first-order valence-electron chi connectivity index (χ1n) is 8.36. The van der Waals surface area contributed by atoms with E-state index in [1.165, 1.54) is 11.8 Å². The third-order valence-corrected chi connectivity index (χ3v) is 5.37. The summed E-state index contributed by atoms with van der Waals surface area (Å²) < 4.78 is 1.61. The van der Waals surface area contributed by atoms with Crippen LogP contribution in [0.25, 0.3) is 0 Å². The van der Waals surface area contributed by atoms with E-state index in [4.69, 9.17) is 0 Å². The normalized spacial score (nSPS) is 15.6. The van der Waals surface area contributed by atoms with Crippen LogP contribution in [0.3, 0.4) is 0 Å². The number of benzene rings is 1. The molecule has 24 heavy (non-hydrogen) atoms. The van der Waals surface area contributed by atoms with E-state index >= 15 is 0 Å². The number of carbonyl (C=O) groups excluding carboxylic acids is 1. The van der Waals surface area contributed by atoms with Gasteiger partial charge in [0.1, 0.15) is 5.25 Å². The standard InChI is InChI=1S/C17H22N4O2S/c1-2-10-21-16(23)18-19-17(21)24-14(13-8-4-3-5-9-13)15(22)20-11-6-7-12-20/h3-5,8-9,14H,2,6-7,10-12H2,1H3,(H,18,23). The van der Waals surface area contributed by atoms with Crippen molar-refractivity contribution in [1.29, 1.82) is 0 Å². The highest BCUT2D eigenvalue weighted by molar-refractivity contribution is 8.00. The molecule has 1 aliphatic rings. The number of thioether (sulfide) groups is 1. The van der Waals surface area contributed by atoms with E-state index in [0.29, 0.717) is 11.7 Å². The van der Waals surface area contributed by atoms with Crippen LogP contribution in [-0.2, 0) is 11.3 Å². The molecule has 0 saturated carbocycles. The molecule has 128 valence electrons. The summed E-state index contributed by atoms with van der Waals surface area (Å²) in [6, 6.07) is 9.72. The molecule has 0 spiro atoms. The van der Waals surface area contributed by atoms with E-state index in [1.807, 2.05) is 42.2 Å². The molecule has 0 radical (unpaired) electrons. The second-order valence-electron chi connectivity index (χ2n) is 5.90. The Morgan fingerprint density at radius 2 is 2.00 bits per heavy atom. The topological polar surface area (TPSA) is 71.0 Å². The van der Waals surface area contributed by atoms with Crippen molar-refractivity contribution in [2.24, 2.45) is 0 Å². The Morgan fingerprint density at radius 3 is 2.67 bits per heavy atom. The molecule has 1 N–H and O–H groups in total. The maximum Gasteiger partial charge on any atom is 0.343 e. The highest BCUT2D eigenvalue weighted by atomic mass is 32.2. The fraction of sp³-hybridized carbons (Fsp3) is 0.471. The first kappa shape index (κ1) is 16.8. The number of nitrogens with one attached hydrogen (secondary N) is 1. The molecule has 1 unspecified atom stereocenters. The lowest BCUT2D eigenvalue weighted by Crippen LogP contribution is -2.31. The summed E-state index contributed by atoms with van der Waals surface area (Å²) >= 11 is 1.35. The molecule has 3 rings (SSSR count). The molecule has 2 heterocycles. The number of hydrogen-bond donors (Lipinski definition) is 1. The van der Waals surface area contributed by atoms with Crippen LogP contribution in [0.5, 0.6) is 0 Å². The van der Waals surface area contributed by atoms with Gasteiger partial charge in [-0.05, 0) is 24.8 Å². The van der Waals surface area contributed by atoms with Crippen LogP contribution in [0.2, 0.25) is 0 Å². The predicted molar refractivity (Wildman–Crippen MR) is 94.0 cm³/mol. The van der Waals surface area contributed by atoms with Gasteiger partial charge in [0.15, 0.2) is 5.16 Å². The number of amides is 1. The average molecular weight is 346 g/mol. The lowest BCUT2D eigenvalue weighted by molar-refractivity contribution is -0.129. The lowest BCUT2D eigenvalue weighted by atomic mass is 10.1. The Bertz CT molecular complexity index is 735. The van der Waals surface area contributed by atoms with Crippen molar-refractivity contribution in [1.82, 2.24) is 19.7 Å². The van der Waals surface area contributed by atoms with Gasteiger partial charge in [0.2, 0.25) is 5.91 Å². The Balaban J connectivity index is 1.90. The van der Waals surface area contributed by atoms with E-state index in [0.717, 1.165) is 37.9 Å². The maximum absolute atomic E-state index is 13.0. The molecule has 0 bridgehead atoms. The maximum atomic E-state index is 13.0. The summed E-state index contributed by atoms with van der Waals surface area (Å²) in [6.07, 6.45) is 2.95. The molecule has 7 heteroatoms. The zero-order chi connectivity index (χ0) is 16.9. The molecule has 2 aromatic rings. The van der Waals surface area contributed by atoms with Gasteiger partial charge in [0, 0.05) is 19.6 Å². The van der Waals surface area contributed by atoms with Gasteiger partial charge in [-0.2, -0.15) is 0 Å². The molecule has 0 aliphatic carbocycles. The van der Waals surface area contributed by atoms with Crippen LogP contribution in [0.4, 0.5) is 0 Å². The minimum Gasteiger partial charge on any atom is -0.341 e. The summed E-state index contributed by atoms with van der Waals surface area (Å²) in [4.78, 5) is 26.8. The van der Waals surface area contributed by atoms with Gasteiger partial charge in [-0.1, -0.05) is 49.0 Å². The van der Waals surface area contributed by atoms with E-state index in [1.54, 1.807) is 4.57 Å². The SMILES string of the molecule is CCCn1c(SC(C(=O)N2CCCC2)c2ccccc2)n[nH]c1=O. The Morgan fingerprint density at radius 1 is 1.29 bits per heavy atom. The number of rotatable bonds is 6. The van der Waals surface area contributed by atoms with E-state index in [-0.39, 0.29) is 16.8 Å². The average Bonchev–Trinajstić information content (AvgIpc) is 3.25. The molecule has 1 amide bonds. The van der Waals surface area contributed by atoms with Gasteiger partial charge < -0.3 is 4.90 Å². The summed E-state index contributed by atoms with van der Waals surface area (Å²) in [5.41, 5.74) is 0.720. The number of likely N-dealkylation sites (tertiary alicyclic amines) is 1. The van der Waals surface area contributed by atoms with E-state index < -0.39 is 0 Å². The molecule has 1 aromatic carbocycles. The van der Waals surface area contributed by atoms with Crippen molar-refractivity contribution >= 4 is 17.7 Å². The monoisotopic (exact) mass is 346 g/mol. The summed E-state index contributed by atoms with van der Waals surface area (Å²) in [5, 5.41) is 6.82. The Kier molecular flexibility index (Phi) is 5.40. The van der Waals surface area contributed by atoms with Crippen LogP contribution < -0.4 is 5.69 Å². The number of H-pyrrole nitrogens is 1. The zero-order valence-electron chi connectivity index (χ0n) is 13.8. The molecular formula is C17H22N4O2S. The number of hydrogen-bond acceptors (Lipinski definition) is 4. The summed E-state index contributed by atoms with van der Waals surface area (Å²) in [7, 11) is 0. The van der Waals surface area contributed by atoms with Crippen LogP contribution in [-0.4, -0.2) is 38.7 Å². The number of aromatic amines is 1. The quantitative estimate of drug-likeness (QED) is 0.816. The lowest BCUT2D eigenvalue weighted by Gasteiger charge is -2.22. The fourth-order valence-corrected chi connectivity index (χ4v) is 4.07. The molecule has 6 nitrogen and oxygen atoms in total. The molecular weight excluding hydrogens is 324 g/mol. The third kappa shape index (κ3) is 3.56.